The van der Waals surface area contributed by atoms with Gasteiger partial charge < -0.3 is 4.74 Å². The Kier molecular flexibility index (Phi) is 6.62. The van der Waals surface area contributed by atoms with Crippen molar-refractivity contribution in [1.29, 1.82) is 0 Å². The molecule has 4 aromatic rings. The van der Waals surface area contributed by atoms with Gasteiger partial charge in [-0.1, -0.05) is 66.5 Å². The SMILES string of the molecule is C=CCOc1ccc(/C=c2/sc3n(c2=O)[C@H](c2cccc([N+](=O)[O-])c2)C2=C(N=3)c3ccccc3CC2)cc1Br. The van der Waals surface area contributed by atoms with E-state index in [1.54, 1.807) is 22.8 Å². The number of fused-ring (bicyclic) bond motifs is 3. The maximum atomic E-state index is 13.9. The van der Waals surface area contributed by atoms with Crippen LogP contribution in [-0.2, 0) is 6.42 Å². The van der Waals surface area contributed by atoms with Crippen LogP contribution in [-0.4, -0.2) is 16.1 Å². The van der Waals surface area contributed by atoms with Crippen molar-refractivity contribution in [2.24, 2.45) is 4.99 Å². The van der Waals surface area contributed by atoms with Crippen LogP contribution in [0.2, 0.25) is 0 Å². The fraction of sp³-hybridized carbons (Fsp3) is 0.133. The third-order valence-electron chi connectivity index (χ3n) is 6.88. The maximum Gasteiger partial charge on any atom is 0.271 e. The van der Waals surface area contributed by atoms with Gasteiger partial charge >= 0.3 is 0 Å². The van der Waals surface area contributed by atoms with Crippen LogP contribution in [0, 0.1) is 10.1 Å². The zero-order chi connectivity index (χ0) is 27.1. The molecular weight excluding hydrogens is 578 g/mol. The molecule has 0 saturated heterocycles. The highest BCUT2D eigenvalue weighted by Gasteiger charge is 2.33. The number of aromatic nitrogens is 1. The highest BCUT2D eigenvalue weighted by Crippen LogP contribution is 2.41. The Hall–Kier alpha value is -4.08. The highest BCUT2D eigenvalue weighted by molar-refractivity contribution is 9.10. The van der Waals surface area contributed by atoms with Crippen molar-refractivity contribution in [3.05, 3.63) is 141 Å². The van der Waals surface area contributed by atoms with Crippen LogP contribution in [0.25, 0.3) is 11.8 Å². The number of rotatable bonds is 6. The highest BCUT2D eigenvalue weighted by atomic mass is 79.9. The van der Waals surface area contributed by atoms with Gasteiger partial charge in [0, 0.05) is 17.7 Å². The summed E-state index contributed by atoms with van der Waals surface area (Å²) >= 11 is 4.86. The molecule has 1 atom stereocenters. The van der Waals surface area contributed by atoms with Crippen molar-refractivity contribution >= 4 is 44.7 Å². The number of non-ortho nitro benzene ring substituents is 1. The van der Waals surface area contributed by atoms with Crippen molar-refractivity contribution in [3.8, 4) is 5.75 Å². The fourth-order valence-corrected chi connectivity index (χ4v) is 6.67. The van der Waals surface area contributed by atoms with Crippen LogP contribution in [0.15, 0.2) is 99.2 Å². The maximum absolute atomic E-state index is 13.9. The molecule has 6 rings (SSSR count). The van der Waals surface area contributed by atoms with Gasteiger partial charge in [0.2, 0.25) is 0 Å². The molecule has 2 aliphatic rings. The minimum atomic E-state index is -0.479. The number of hydrogen-bond acceptors (Lipinski definition) is 6. The first-order valence-electron chi connectivity index (χ1n) is 12.4. The molecule has 39 heavy (non-hydrogen) atoms. The van der Waals surface area contributed by atoms with Gasteiger partial charge in [0.25, 0.3) is 11.2 Å². The zero-order valence-electron chi connectivity index (χ0n) is 20.7. The standard InChI is InChI=1S/C30H22BrN3O4S/c1-2-14-38-25-13-10-18(15-24(25)31)16-26-29(35)33-28(20-7-5-8-21(17-20)34(36)37)23-12-11-19-6-3-4-9-22(19)27(23)32-30(33)39-26/h2-10,13,15-17,28H,1,11-12,14H2/b26-16+/t28-/m1/s1. The molecule has 0 amide bonds. The van der Waals surface area contributed by atoms with E-state index in [-0.39, 0.29) is 11.2 Å². The summed E-state index contributed by atoms with van der Waals surface area (Å²) in [6.07, 6.45) is 5.05. The molecular formula is C30H22BrN3O4S. The van der Waals surface area contributed by atoms with Crippen molar-refractivity contribution in [2.45, 2.75) is 18.9 Å². The molecule has 0 radical (unpaired) electrons. The first kappa shape index (κ1) is 25.2. The topological polar surface area (TPSA) is 86.7 Å². The molecule has 0 N–H and O–H groups in total. The van der Waals surface area contributed by atoms with Gasteiger partial charge in [-0.3, -0.25) is 19.5 Å². The predicted molar refractivity (Wildman–Crippen MR) is 156 cm³/mol. The Balaban J connectivity index is 1.55. The minimum absolute atomic E-state index is 0.00593. The molecule has 3 aromatic carbocycles. The molecule has 0 unspecified atom stereocenters. The van der Waals surface area contributed by atoms with E-state index in [1.165, 1.54) is 23.0 Å². The van der Waals surface area contributed by atoms with Crippen LogP contribution >= 0.6 is 27.3 Å². The predicted octanol–water partition coefficient (Wildman–Crippen LogP) is 5.55. The second-order valence-electron chi connectivity index (χ2n) is 9.26. The molecule has 0 saturated carbocycles. The normalized spacial score (nSPS) is 16.1. The Bertz CT molecular complexity index is 1870. The van der Waals surface area contributed by atoms with E-state index in [0.29, 0.717) is 33.7 Å². The molecule has 1 aliphatic heterocycles. The molecule has 194 valence electrons. The summed E-state index contributed by atoms with van der Waals surface area (Å²) in [4.78, 5) is 30.7. The Labute approximate surface area is 236 Å². The lowest BCUT2D eigenvalue weighted by Gasteiger charge is -2.30. The Morgan fingerprint density at radius 2 is 2.00 bits per heavy atom. The van der Waals surface area contributed by atoms with E-state index < -0.39 is 11.0 Å². The summed E-state index contributed by atoms with van der Waals surface area (Å²) in [6.45, 7) is 4.06. The average molecular weight is 600 g/mol. The second kappa shape index (κ2) is 10.2. The number of nitro groups is 1. The summed E-state index contributed by atoms with van der Waals surface area (Å²) in [5.41, 5.74) is 5.46. The van der Waals surface area contributed by atoms with Crippen molar-refractivity contribution < 1.29 is 9.66 Å². The minimum Gasteiger partial charge on any atom is -0.488 e. The first-order valence-corrected chi connectivity index (χ1v) is 14.0. The van der Waals surface area contributed by atoms with E-state index in [0.717, 1.165) is 33.3 Å². The first-order chi connectivity index (χ1) is 18.9. The number of hydrogen-bond donors (Lipinski definition) is 0. The van der Waals surface area contributed by atoms with Gasteiger partial charge in [0.05, 0.1) is 25.7 Å². The summed E-state index contributed by atoms with van der Waals surface area (Å²) in [6, 6.07) is 19.9. The van der Waals surface area contributed by atoms with E-state index in [9.17, 15) is 14.9 Å². The summed E-state index contributed by atoms with van der Waals surface area (Å²) in [5, 5.41) is 11.6. The molecule has 1 aromatic heterocycles. The summed E-state index contributed by atoms with van der Waals surface area (Å²) in [5.74, 6) is 0.686. The number of halogens is 1. The zero-order valence-corrected chi connectivity index (χ0v) is 23.1. The molecule has 2 heterocycles. The number of thiazole rings is 1. The number of nitrogens with zero attached hydrogens (tertiary/aromatic N) is 3. The van der Waals surface area contributed by atoms with Gasteiger partial charge in [-0.25, -0.2) is 4.99 Å². The van der Waals surface area contributed by atoms with Crippen molar-refractivity contribution in [1.82, 2.24) is 4.57 Å². The van der Waals surface area contributed by atoms with Crippen LogP contribution in [0.1, 0.15) is 34.7 Å². The molecule has 1 aliphatic carbocycles. The lowest BCUT2D eigenvalue weighted by molar-refractivity contribution is -0.384. The molecule has 7 nitrogen and oxygen atoms in total. The third-order valence-corrected chi connectivity index (χ3v) is 8.48. The van der Waals surface area contributed by atoms with Crippen LogP contribution in [0.4, 0.5) is 5.69 Å². The largest absolute Gasteiger partial charge is 0.488 e. The molecule has 0 bridgehead atoms. The van der Waals surface area contributed by atoms with Crippen LogP contribution < -0.4 is 19.6 Å². The van der Waals surface area contributed by atoms with Crippen LogP contribution in [0.3, 0.4) is 0 Å². The van der Waals surface area contributed by atoms with E-state index in [2.05, 4.69) is 34.6 Å². The van der Waals surface area contributed by atoms with Crippen LogP contribution in [0.5, 0.6) is 5.75 Å². The second-order valence-corrected chi connectivity index (χ2v) is 11.1. The van der Waals surface area contributed by atoms with E-state index >= 15 is 0 Å². The number of allylic oxidation sites excluding steroid dienone is 1. The number of benzene rings is 3. The van der Waals surface area contributed by atoms with Gasteiger partial charge in [-0.2, -0.15) is 0 Å². The fourth-order valence-electron chi connectivity index (χ4n) is 5.15. The molecule has 0 spiro atoms. The third kappa shape index (κ3) is 4.57. The van der Waals surface area contributed by atoms with Gasteiger partial charge in [0.15, 0.2) is 4.80 Å². The Morgan fingerprint density at radius 1 is 1.15 bits per heavy atom. The summed E-state index contributed by atoms with van der Waals surface area (Å²) in [7, 11) is 0. The van der Waals surface area contributed by atoms with E-state index in [4.69, 9.17) is 9.73 Å². The lowest BCUT2D eigenvalue weighted by Crippen LogP contribution is -2.38. The molecule has 0 fully saturated rings. The van der Waals surface area contributed by atoms with Gasteiger partial charge in [0.1, 0.15) is 12.4 Å². The lowest BCUT2D eigenvalue weighted by atomic mass is 9.83. The monoisotopic (exact) mass is 599 g/mol. The van der Waals surface area contributed by atoms with Gasteiger partial charge in [-0.05, 0) is 69.2 Å². The van der Waals surface area contributed by atoms with Crippen molar-refractivity contribution in [3.63, 3.8) is 0 Å². The smallest absolute Gasteiger partial charge is 0.271 e. The van der Waals surface area contributed by atoms with E-state index in [1.807, 2.05) is 42.5 Å². The molecule has 9 heteroatoms. The van der Waals surface area contributed by atoms with Crippen molar-refractivity contribution in [2.75, 3.05) is 6.61 Å². The number of aryl methyl sites for hydroxylation is 1. The summed E-state index contributed by atoms with van der Waals surface area (Å²) < 4.78 is 8.64. The quantitative estimate of drug-likeness (QED) is 0.165. The number of nitro benzene ring substituents is 1. The average Bonchev–Trinajstić information content (AvgIpc) is 3.25. The number of ether oxygens (including phenoxy) is 1. The van der Waals surface area contributed by atoms with Gasteiger partial charge in [-0.15, -0.1) is 0 Å². The Morgan fingerprint density at radius 3 is 2.79 bits per heavy atom.